The summed E-state index contributed by atoms with van der Waals surface area (Å²) >= 11 is 0. The molecule has 0 aliphatic heterocycles. The van der Waals surface area contributed by atoms with Crippen molar-refractivity contribution in [2.24, 2.45) is 5.84 Å². The normalized spacial score (nSPS) is 10.7. The summed E-state index contributed by atoms with van der Waals surface area (Å²) in [5, 5.41) is 9.01. The van der Waals surface area contributed by atoms with E-state index in [2.05, 4.69) is 4.98 Å². The molecule has 7 heteroatoms. The summed E-state index contributed by atoms with van der Waals surface area (Å²) < 4.78 is 5.01. The monoisotopic (exact) mass is 268 g/mol. The maximum absolute atomic E-state index is 11.4. The Bertz CT molecular complexity index is 400. The number of carbonyl (C=O) groups is 1. The number of pyridine rings is 1. The molecule has 0 atom stereocenters. The SMILES string of the molecule is COCCN(CCO)Cc1cccc(C(=O)NN)n1. The van der Waals surface area contributed by atoms with Gasteiger partial charge in [0.1, 0.15) is 5.69 Å². The van der Waals surface area contributed by atoms with Crippen LogP contribution in [0.3, 0.4) is 0 Å². The van der Waals surface area contributed by atoms with E-state index >= 15 is 0 Å². The number of nitrogens with zero attached hydrogens (tertiary/aromatic N) is 2. The van der Waals surface area contributed by atoms with Crippen LogP contribution in [0.4, 0.5) is 0 Å². The molecule has 0 radical (unpaired) electrons. The molecule has 0 aliphatic carbocycles. The van der Waals surface area contributed by atoms with Crippen LogP contribution < -0.4 is 11.3 Å². The Morgan fingerprint density at radius 1 is 1.53 bits per heavy atom. The fourth-order valence-electron chi connectivity index (χ4n) is 1.63. The van der Waals surface area contributed by atoms with Gasteiger partial charge in [-0.25, -0.2) is 10.8 Å². The van der Waals surface area contributed by atoms with Crippen LogP contribution in [-0.4, -0.2) is 54.3 Å². The van der Waals surface area contributed by atoms with Crippen molar-refractivity contribution >= 4 is 5.91 Å². The minimum absolute atomic E-state index is 0.0622. The highest BCUT2D eigenvalue weighted by molar-refractivity contribution is 5.91. The lowest BCUT2D eigenvalue weighted by Gasteiger charge is -2.20. The Morgan fingerprint density at radius 3 is 2.95 bits per heavy atom. The van der Waals surface area contributed by atoms with Gasteiger partial charge in [-0.1, -0.05) is 6.07 Å². The van der Waals surface area contributed by atoms with Crippen LogP contribution in [-0.2, 0) is 11.3 Å². The largest absolute Gasteiger partial charge is 0.395 e. The molecule has 0 aliphatic rings. The maximum Gasteiger partial charge on any atom is 0.283 e. The Hall–Kier alpha value is -1.54. The third-order valence-corrected chi connectivity index (χ3v) is 2.58. The Kier molecular flexibility index (Phi) is 6.98. The Balaban J connectivity index is 2.69. The van der Waals surface area contributed by atoms with Gasteiger partial charge in [0.2, 0.25) is 0 Å². The third kappa shape index (κ3) is 5.31. The molecule has 0 bridgehead atoms. The smallest absolute Gasteiger partial charge is 0.283 e. The molecule has 1 heterocycles. The van der Waals surface area contributed by atoms with E-state index < -0.39 is 5.91 Å². The van der Waals surface area contributed by atoms with Gasteiger partial charge in [0.25, 0.3) is 5.91 Å². The predicted molar refractivity (Wildman–Crippen MR) is 70.1 cm³/mol. The van der Waals surface area contributed by atoms with E-state index in [4.69, 9.17) is 15.7 Å². The number of aromatic nitrogens is 1. The predicted octanol–water partition coefficient (Wildman–Crippen LogP) is -0.874. The highest BCUT2D eigenvalue weighted by Crippen LogP contribution is 2.04. The fourth-order valence-corrected chi connectivity index (χ4v) is 1.63. The van der Waals surface area contributed by atoms with Gasteiger partial charge in [-0.3, -0.25) is 15.1 Å². The quantitative estimate of drug-likeness (QED) is 0.322. The molecular formula is C12H20N4O3. The second kappa shape index (κ2) is 8.54. The summed E-state index contributed by atoms with van der Waals surface area (Å²) in [6, 6.07) is 5.17. The highest BCUT2D eigenvalue weighted by Gasteiger charge is 2.09. The number of nitrogens with two attached hydrogens (primary N) is 1. The van der Waals surface area contributed by atoms with Crippen molar-refractivity contribution in [2.75, 3.05) is 33.4 Å². The van der Waals surface area contributed by atoms with Gasteiger partial charge in [-0.05, 0) is 12.1 Å². The van der Waals surface area contributed by atoms with Crippen LogP contribution in [0.1, 0.15) is 16.2 Å². The molecule has 1 amide bonds. The van der Waals surface area contributed by atoms with Gasteiger partial charge < -0.3 is 9.84 Å². The van der Waals surface area contributed by atoms with E-state index in [-0.39, 0.29) is 12.3 Å². The lowest BCUT2D eigenvalue weighted by atomic mass is 10.2. The third-order valence-electron chi connectivity index (χ3n) is 2.58. The van der Waals surface area contributed by atoms with Crippen LogP contribution in [0.15, 0.2) is 18.2 Å². The summed E-state index contributed by atoms with van der Waals surface area (Å²) in [5.74, 6) is 4.65. The van der Waals surface area contributed by atoms with Crippen molar-refractivity contribution < 1.29 is 14.6 Å². The zero-order valence-electron chi connectivity index (χ0n) is 11.0. The van der Waals surface area contributed by atoms with Gasteiger partial charge in [0.15, 0.2) is 0 Å². The highest BCUT2D eigenvalue weighted by atomic mass is 16.5. The van der Waals surface area contributed by atoms with Gasteiger partial charge in [0, 0.05) is 26.7 Å². The summed E-state index contributed by atoms with van der Waals surface area (Å²) in [7, 11) is 1.63. The molecule has 0 fully saturated rings. The molecule has 7 nitrogen and oxygen atoms in total. The number of ether oxygens (including phenoxy) is 1. The van der Waals surface area contributed by atoms with Crippen LogP contribution in [0.5, 0.6) is 0 Å². The lowest BCUT2D eigenvalue weighted by Crippen LogP contribution is -2.32. The van der Waals surface area contributed by atoms with Gasteiger partial charge in [0.05, 0.1) is 18.9 Å². The summed E-state index contributed by atoms with van der Waals surface area (Å²) in [6.07, 6.45) is 0. The number of methoxy groups -OCH3 is 1. The molecule has 0 saturated heterocycles. The van der Waals surface area contributed by atoms with Crippen LogP contribution in [0, 0.1) is 0 Å². The van der Waals surface area contributed by atoms with Crippen molar-refractivity contribution in [3.63, 3.8) is 0 Å². The van der Waals surface area contributed by atoms with E-state index in [0.717, 1.165) is 5.69 Å². The number of hydrogen-bond acceptors (Lipinski definition) is 6. The number of rotatable bonds is 8. The van der Waals surface area contributed by atoms with Crippen molar-refractivity contribution in [3.05, 3.63) is 29.6 Å². The average Bonchev–Trinajstić information content (AvgIpc) is 2.44. The van der Waals surface area contributed by atoms with Crippen molar-refractivity contribution in [1.29, 1.82) is 0 Å². The lowest BCUT2D eigenvalue weighted by molar-refractivity contribution is 0.0947. The molecule has 1 aromatic heterocycles. The molecule has 0 spiro atoms. The Morgan fingerprint density at radius 2 is 2.32 bits per heavy atom. The van der Waals surface area contributed by atoms with Crippen molar-refractivity contribution in [1.82, 2.24) is 15.3 Å². The molecule has 0 saturated carbocycles. The van der Waals surface area contributed by atoms with E-state index in [1.165, 1.54) is 0 Å². The van der Waals surface area contributed by atoms with Crippen LogP contribution in [0.25, 0.3) is 0 Å². The first-order valence-corrected chi connectivity index (χ1v) is 6.00. The molecule has 106 valence electrons. The van der Waals surface area contributed by atoms with Crippen molar-refractivity contribution in [3.8, 4) is 0 Å². The molecule has 1 aromatic rings. The van der Waals surface area contributed by atoms with E-state index in [1.54, 1.807) is 19.2 Å². The standard InChI is InChI=1S/C12H20N4O3/c1-19-8-6-16(5-7-17)9-10-3-2-4-11(14-10)12(18)15-13/h2-4,17H,5-9,13H2,1H3,(H,15,18). The fraction of sp³-hybridized carbons (Fsp3) is 0.500. The maximum atomic E-state index is 11.4. The van der Waals surface area contributed by atoms with Crippen molar-refractivity contribution in [2.45, 2.75) is 6.54 Å². The number of aliphatic hydroxyl groups is 1. The van der Waals surface area contributed by atoms with Crippen LogP contribution in [0.2, 0.25) is 0 Å². The molecular weight excluding hydrogens is 248 g/mol. The Labute approximate surface area is 112 Å². The number of amides is 1. The first-order chi connectivity index (χ1) is 9.21. The number of hydrazine groups is 1. The first-order valence-electron chi connectivity index (χ1n) is 6.00. The summed E-state index contributed by atoms with van der Waals surface area (Å²) in [4.78, 5) is 17.6. The second-order valence-corrected chi connectivity index (χ2v) is 3.98. The molecule has 0 unspecified atom stereocenters. The number of nitrogens with one attached hydrogen (secondary N) is 1. The van der Waals surface area contributed by atoms with Gasteiger partial charge >= 0.3 is 0 Å². The average molecular weight is 268 g/mol. The molecule has 4 N–H and O–H groups in total. The molecule has 1 rings (SSSR count). The summed E-state index contributed by atoms with van der Waals surface area (Å²) in [6.45, 7) is 2.38. The zero-order valence-corrected chi connectivity index (χ0v) is 11.0. The van der Waals surface area contributed by atoms with E-state index in [0.29, 0.717) is 26.2 Å². The minimum atomic E-state index is -0.424. The van der Waals surface area contributed by atoms with Crippen LogP contribution >= 0.6 is 0 Å². The first kappa shape index (κ1) is 15.5. The van der Waals surface area contributed by atoms with E-state index in [1.807, 2.05) is 16.4 Å². The number of nitrogen functional groups attached to an aromatic ring is 1. The van der Waals surface area contributed by atoms with Gasteiger partial charge in [-0.15, -0.1) is 0 Å². The molecule has 0 aromatic carbocycles. The molecule has 19 heavy (non-hydrogen) atoms. The number of carbonyl (C=O) groups excluding carboxylic acids is 1. The number of aliphatic hydroxyl groups excluding tert-OH is 1. The topological polar surface area (TPSA) is 101 Å². The van der Waals surface area contributed by atoms with Gasteiger partial charge in [-0.2, -0.15) is 0 Å². The number of hydrogen-bond donors (Lipinski definition) is 3. The summed E-state index contributed by atoms with van der Waals surface area (Å²) in [5.41, 5.74) is 3.06. The second-order valence-electron chi connectivity index (χ2n) is 3.98. The minimum Gasteiger partial charge on any atom is -0.395 e. The van der Waals surface area contributed by atoms with E-state index in [9.17, 15) is 4.79 Å². The zero-order chi connectivity index (χ0) is 14.1.